The lowest BCUT2D eigenvalue weighted by molar-refractivity contribution is 0.0243. The highest BCUT2D eigenvalue weighted by Crippen LogP contribution is 2.42. The van der Waals surface area contributed by atoms with E-state index >= 15 is 0 Å². The minimum atomic E-state index is -0.513. The van der Waals surface area contributed by atoms with Crippen molar-refractivity contribution in [2.24, 2.45) is 5.41 Å². The third-order valence-corrected chi connectivity index (χ3v) is 7.00. The number of amides is 2. The van der Waals surface area contributed by atoms with E-state index in [9.17, 15) is 9.59 Å². The molecule has 5 nitrogen and oxygen atoms in total. The second-order valence-corrected chi connectivity index (χ2v) is 11.2. The molecule has 1 aromatic carbocycles. The SMILES string of the molecule is CCSc1ccccc1C(=O)N(CC1(C)CCC1)[C@H]1CCN(C(=O)OC(C)(C)C)C1. The van der Waals surface area contributed by atoms with Crippen LogP contribution in [0.4, 0.5) is 4.79 Å². The van der Waals surface area contributed by atoms with Crippen molar-refractivity contribution in [1.82, 2.24) is 9.80 Å². The summed E-state index contributed by atoms with van der Waals surface area (Å²) in [6.07, 6.45) is 4.06. The predicted octanol–water partition coefficient (Wildman–Crippen LogP) is 5.44. The molecule has 1 aliphatic carbocycles. The van der Waals surface area contributed by atoms with Crippen LogP contribution in [0.3, 0.4) is 0 Å². The molecule has 0 aromatic heterocycles. The monoisotopic (exact) mass is 432 g/mol. The molecule has 166 valence electrons. The van der Waals surface area contributed by atoms with Crippen LogP contribution in [0, 0.1) is 5.41 Å². The fourth-order valence-corrected chi connectivity index (χ4v) is 5.08. The largest absolute Gasteiger partial charge is 0.444 e. The molecule has 1 heterocycles. The summed E-state index contributed by atoms with van der Waals surface area (Å²) in [6, 6.07) is 7.94. The summed E-state index contributed by atoms with van der Waals surface area (Å²) in [4.78, 5) is 31.1. The van der Waals surface area contributed by atoms with E-state index < -0.39 is 5.60 Å². The molecular formula is C24H36N2O3S. The Hall–Kier alpha value is -1.69. The molecule has 30 heavy (non-hydrogen) atoms. The van der Waals surface area contributed by atoms with E-state index in [0.717, 1.165) is 42.0 Å². The van der Waals surface area contributed by atoms with Crippen molar-refractivity contribution in [3.8, 4) is 0 Å². The van der Waals surface area contributed by atoms with Crippen LogP contribution >= 0.6 is 11.8 Å². The summed E-state index contributed by atoms with van der Waals surface area (Å²) in [5.74, 6) is 1.02. The van der Waals surface area contributed by atoms with Gasteiger partial charge in [-0.05, 0) is 63.3 Å². The molecule has 0 N–H and O–H groups in total. The van der Waals surface area contributed by atoms with Crippen molar-refractivity contribution >= 4 is 23.8 Å². The quantitative estimate of drug-likeness (QED) is 0.562. The highest BCUT2D eigenvalue weighted by Gasteiger charge is 2.41. The summed E-state index contributed by atoms with van der Waals surface area (Å²) in [5.41, 5.74) is 0.449. The number of rotatable bonds is 6. The average molecular weight is 433 g/mol. The van der Waals surface area contributed by atoms with Gasteiger partial charge in [0.1, 0.15) is 5.60 Å². The van der Waals surface area contributed by atoms with Crippen LogP contribution in [0.2, 0.25) is 0 Å². The van der Waals surface area contributed by atoms with Crippen molar-refractivity contribution < 1.29 is 14.3 Å². The van der Waals surface area contributed by atoms with Gasteiger partial charge in [-0.1, -0.05) is 32.4 Å². The van der Waals surface area contributed by atoms with Crippen LogP contribution in [0.1, 0.15) is 70.7 Å². The second-order valence-electron chi connectivity index (χ2n) is 9.90. The lowest BCUT2D eigenvalue weighted by atomic mass is 9.70. The van der Waals surface area contributed by atoms with Crippen molar-refractivity contribution in [1.29, 1.82) is 0 Å². The van der Waals surface area contributed by atoms with Crippen LogP contribution in [-0.4, -0.2) is 58.8 Å². The van der Waals surface area contributed by atoms with E-state index in [0.29, 0.717) is 13.1 Å². The molecule has 2 fully saturated rings. The maximum absolute atomic E-state index is 13.7. The molecule has 3 rings (SSSR count). The fourth-order valence-electron chi connectivity index (χ4n) is 4.28. The number of carbonyl (C=O) groups excluding carboxylic acids is 2. The Labute approximate surface area is 185 Å². The molecule has 2 amide bonds. The molecule has 1 aromatic rings. The van der Waals surface area contributed by atoms with Crippen molar-refractivity contribution in [3.63, 3.8) is 0 Å². The summed E-state index contributed by atoms with van der Waals surface area (Å²) in [6.45, 7) is 12.0. The van der Waals surface area contributed by atoms with Crippen LogP contribution < -0.4 is 0 Å². The van der Waals surface area contributed by atoms with Gasteiger partial charge in [-0.15, -0.1) is 11.8 Å². The number of hydrogen-bond donors (Lipinski definition) is 0. The highest BCUT2D eigenvalue weighted by molar-refractivity contribution is 7.99. The maximum atomic E-state index is 13.7. The predicted molar refractivity (Wildman–Crippen MR) is 122 cm³/mol. The smallest absolute Gasteiger partial charge is 0.410 e. The van der Waals surface area contributed by atoms with Gasteiger partial charge < -0.3 is 14.5 Å². The number of carbonyl (C=O) groups is 2. The molecular weight excluding hydrogens is 396 g/mol. The lowest BCUT2D eigenvalue weighted by Crippen LogP contribution is -2.49. The molecule has 1 saturated carbocycles. The number of thioether (sulfide) groups is 1. The number of benzene rings is 1. The first kappa shape index (κ1) is 23.0. The first-order chi connectivity index (χ1) is 14.1. The highest BCUT2D eigenvalue weighted by atomic mass is 32.2. The Bertz CT molecular complexity index is 770. The summed E-state index contributed by atoms with van der Waals surface area (Å²) >= 11 is 1.71. The molecule has 1 atom stereocenters. The van der Waals surface area contributed by atoms with Gasteiger partial charge in [-0.3, -0.25) is 4.79 Å². The van der Waals surface area contributed by atoms with Gasteiger partial charge in [0.25, 0.3) is 5.91 Å². The number of nitrogens with zero attached hydrogens (tertiary/aromatic N) is 2. The number of likely N-dealkylation sites (tertiary alicyclic amines) is 1. The first-order valence-electron chi connectivity index (χ1n) is 11.1. The first-order valence-corrected chi connectivity index (χ1v) is 12.1. The van der Waals surface area contributed by atoms with Gasteiger partial charge in [-0.2, -0.15) is 0 Å². The normalized spacial score (nSPS) is 20.6. The van der Waals surface area contributed by atoms with Crippen LogP contribution in [0.15, 0.2) is 29.2 Å². The third-order valence-electron chi connectivity index (χ3n) is 6.05. The van der Waals surface area contributed by atoms with E-state index in [1.807, 2.05) is 45.0 Å². The third kappa shape index (κ3) is 5.51. The van der Waals surface area contributed by atoms with Gasteiger partial charge in [-0.25, -0.2) is 4.79 Å². The van der Waals surface area contributed by atoms with Gasteiger partial charge >= 0.3 is 6.09 Å². The Morgan fingerprint density at radius 2 is 1.97 bits per heavy atom. The Balaban J connectivity index is 1.80. The maximum Gasteiger partial charge on any atom is 0.410 e. The fraction of sp³-hybridized carbons (Fsp3) is 0.667. The number of hydrogen-bond acceptors (Lipinski definition) is 4. The van der Waals surface area contributed by atoms with Crippen LogP contribution in [0.5, 0.6) is 0 Å². The van der Waals surface area contributed by atoms with Gasteiger partial charge in [0.2, 0.25) is 0 Å². The molecule has 0 bridgehead atoms. The molecule has 2 aliphatic rings. The average Bonchev–Trinajstić information content (AvgIpc) is 3.14. The standard InChI is InChI=1S/C24H36N2O3S/c1-6-30-20-11-8-7-10-19(20)21(27)26(17-24(5)13-9-14-24)18-12-15-25(16-18)22(28)29-23(2,3)4/h7-8,10-11,18H,6,9,12-17H2,1-5H3/t18-/m0/s1. The molecule has 0 spiro atoms. The lowest BCUT2D eigenvalue weighted by Gasteiger charge is -2.44. The zero-order chi connectivity index (χ0) is 21.9. The van der Waals surface area contributed by atoms with E-state index in [1.54, 1.807) is 16.7 Å². The van der Waals surface area contributed by atoms with Gasteiger partial charge in [0.15, 0.2) is 0 Å². The zero-order valence-corrected chi connectivity index (χ0v) is 19.9. The Morgan fingerprint density at radius 1 is 1.27 bits per heavy atom. The molecule has 0 radical (unpaired) electrons. The molecule has 0 unspecified atom stereocenters. The molecule has 1 aliphatic heterocycles. The van der Waals surface area contributed by atoms with Crippen molar-refractivity contribution in [3.05, 3.63) is 29.8 Å². The van der Waals surface area contributed by atoms with Crippen LogP contribution in [0.25, 0.3) is 0 Å². The summed E-state index contributed by atoms with van der Waals surface area (Å²) in [7, 11) is 0. The van der Waals surface area contributed by atoms with E-state index in [4.69, 9.17) is 4.74 Å². The van der Waals surface area contributed by atoms with E-state index in [-0.39, 0.29) is 23.5 Å². The zero-order valence-electron chi connectivity index (χ0n) is 19.1. The second kappa shape index (κ2) is 9.21. The Morgan fingerprint density at radius 3 is 2.57 bits per heavy atom. The van der Waals surface area contributed by atoms with E-state index in [2.05, 4.69) is 18.7 Å². The summed E-state index contributed by atoms with van der Waals surface area (Å²) < 4.78 is 5.56. The van der Waals surface area contributed by atoms with Crippen LogP contribution in [-0.2, 0) is 4.74 Å². The Kier molecular flexibility index (Phi) is 7.05. The molecule has 6 heteroatoms. The topological polar surface area (TPSA) is 49.9 Å². The minimum Gasteiger partial charge on any atom is -0.444 e. The van der Waals surface area contributed by atoms with Gasteiger partial charge in [0.05, 0.1) is 11.6 Å². The summed E-state index contributed by atoms with van der Waals surface area (Å²) in [5, 5.41) is 0. The molecule has 1 saturated heterocycles. The van der Waals surface area contributed by atoms with Crippen molar-refractivity contribution in [2.45, 2.75) is 76.8 Å². The van der Waals surface area contributed by atoms with E-state index in [1.165, 1.54) is 6.42 Å². The van der Waals surface area contributed by atoms with Crippen molar-refractivity contribution in [2.75, 3.05) is 25.4 Å². The number of ether oxygens (including phenoxy) is 1. The van der Waals surface area contributed by atoms with Gasteiger partial charge in [0, 0.05) is 24.5 Å². The minimum absolute atomic E-state index is 0.0297.